The molecule has 1 aromatic rings. The van der Waals surface area contributed by atoms with Crippen LogP contribution in [0.4, 0.5) is 5.69 Å². The molecule has 0 aromatic heterocycles. The van der Waals surface area contributed by atoms with E-state index in [4.69, 9.17) is 4.74 Å². The molecule has 0 saturated heterocycles. The van der Waals surface area contributed by atoms with Gasteiger partial charge in [0.15, 0.2) is 0 Å². The van der Waals surface area contributed by atoms with Crippen LogP contribution >= 0.6 is 0 Å². The average molecular weight is 207 g/mol. The lowest BCUT2D eigenvalue weighted by Gasteiger charge is -2.18. The summed E-state index contributed by atoms with van der Waals surface area (Å²) in [6.45, 7) is 0. The van der Waals surface area contributed by atoms with Crippen molar-refractivity contribution in [3.8, 4) is 5.75 Å². The Balaban J connectivity index is 2.03. The molecule has 2 N–H and O–H groups in total. The number of ether oxygens (including phenoxy) is 1. The van der Waals surface area contributed by atoms with Gasteiger partial charge in [-0.25, -0.2) is 0 Å². The van der Waals surface area contributed by atoms with Crippen molar-refractivity contribution in [3.63, 3.8) is 0 Å². The van der Waals surface area contributed by atoms with Crippen molar-refractivity contribution >= 4 is 5.69 Å². The fraction of sp³-hybridized carbons (Fsp3) is 0.500. The van der Waals surface area contributed by atoms with E-state index in [1.54, 1.807) is 7.11 Å². The fourth-order valence-electron chi connectivity index (χ4n) is 2.04. The Morgan fingerprint density at radius 3 is 2.93 bits per heavy atom. The highest BCUT2D eigenvalue weighted by molar-refractivity contribution is 5.49. The summed E-state index contributed by atoms with van der Waals surface area (Å²) in [5, 5.41) is 13.0. The first kappa shape index (κ1) is 10.3. The SMILES string of the molecule is COc1cccc(N[C@@H]2CCC[C@H]2O)c1. The summed E-state index contributed by atoms with van der Waals surface area (Å²) in [4.78, 5) is 0. The summed E-state index contributed by atoms with van der Waals surface area (Å²) in [6.07, 6.45) is 2.83. The molecular formula is C12H17NO2. The largest absolute Gasteiger partial charge is 0.497 e. The molecule has 3 heteroatoms. The zero-order valence-corrected chi connectivity index (χ0v) is 8.94. The minimum absolute atomic E-state index is 0.192. The predicted molar refractivity (Wildman–Crippen MR) is 60.3 cm³/mol. The minimum Gasteiger partial charge on any atom is -0.497 e. The van der Waals surface area contributed by atoms with Gasteiger partial charge >= 0.3 is 0 Å². The van der Waals surface area contributed by atoms with Crippen LogP contribution in [0.15, 0.2) is 24.3 Å². The maximum absolute atomic E-state index is 9.68. The number of benzene rings is 1. The molecule has 0 bridgehead atoms. The lowest BCUT2D eigenvalue weighted by atomic mass is 10.2. The number of hydrogen-bond acceptors (Lipinski definition) is 3. The maximum atomic E-state index is 9.68. The number of methoxy groups -OCH3 is 1. The van der Waals surface area contributed by atoms with Crippen LogP contribution < -0.4 is 10.1 Å². The summed E-state index contributed by atoms with van der Waals surface area (Å²) in [7, 11) is 1.66. The molecule has 0 spiro atoms. The van der Waals surface area contributed by atoms with Gasteiger partial charge in [-0.2, -0.15) is 0 Å². The van der Waals surface area contributed by atoms with Crippen LogP contribution in [0.3, 0.4) is 0 Å². The Labute approximate surface area is 90.1 Å². The van der Waals surface area contributed by atoms with Gasteiger partial charge in [-0.1, -0.05) is 6.07 Å². The van der Waals surface area contributed by atoms with Crippen LogP contribution in [0.25, 0.3) is 0 Å². The molecule has 1 aromatic carbocycles. The normalized spacial score (nSPS) is 25.2. The summed E-state index contributed by atoms with van der Waals surface area (Å²) in [5.41, 5.74) is 1.01. The quantitative estimate of drug-likeness (QED) is 0.796. The van der Waals surface area contributed by atoms with E-state index in [1.807, 2.05) is 24.3 Å². The molecule has 2 atom stereocenters. The molecule has 82 valence electrons. The molecule has 15 heavy (non-hydrogen) atoms. The summed E-state index contributed by atoms with van der Waals surface area (Å²) >= 11 is 0. The zero-order valence-electron chi connectivity index (χ0n) is 8.94. The van der Waals surface area contributed by atoms with Gasteiger partial charge in [0.2, 0.25) is 0 Å². The van der Waals surface area contributed by atoms with Gasteiger partial charge in [0.05, 0.1) is 19.3 Å². The van der Waals surface area contributed by atoms with Crippen molar-refractivity contribution in [2.75, 3.05) is 12.4 Å². The molecule has 0 unspecified atom stereocenters. The first-order valence-electron chi connectivity index (χ1n) is 5.38. The molecule has 3 nitrogen and oxygen atoms in total. The topological polar surface area (TPSA) is 41.5 Å². The Hall–Kier alpha value is -1.22. The van der Waals surface area contributed by atoms with Crippen molar-refractivity contribution in [1.82, 2.24) is 0 Å². The van der Waals surface area contributed by atoms with E-state index in [-0.39, 0.29) is 12.1 Å². The Bertz CT molecular complexity index is 327. The van der Waals surface area contributed by atoms with Crippen LogP contribution in [0.2, 0.25) is 0 Å². The van der Waals surface area contributed by atoms with Crippen molar-refractivity contribution in [1.29, 1.82) is 0 Å². The molecule has 0 radical (unpaired) electrons. The third-order valence-corrected chi connectivity index (χ3v) is 2.90. The van der Waals surface area contributed by atoms with Gasteiger partial charge in [-0.3, -0.25) is 0 Å². The van der Waals surface area contributed by atoms with Crippen LogP contribution in [-0.2, 0) is 0 Å². The smallest absolute Gasteiger partial charge is 0.120 e. The summed E-state index contributed by atoms with van der Waals surface area (Å²) < 4.78 is 5.14. The van der Waals surface area contributed by atoms with E-state index in [9.17, 15) is 5.11 Å². The number of aliphatic hydroxyl groups is 1. The minimum atomic E-state index is -0.212. The van der Waals surface area contributed by atoms with Crippen molar-refractivity contribution in [2.24, 2.45) is 0 Å². The van der Waals surface area contributed by atoms with E-state index in [0.29, 0.717) is 0 Å². The third-order valence-electron chi connectivity index (χ3n) is 2.90. The van der Waals surface area contributed by atoms with Gasteiger partial charge in [0, 0.05) is 11.8 Å². The lowest BCUT2D eigenvalue weighted by molar-refractivity contribution is 0.172. The number of aliphatic hydroxyl groups excluding tert-OH is 1. The average Bonchev–Trinajstić information content (AvgIpc) is 2.65. The highest BCUT2D eigenvalue weighted by atomic mass is 16.5. The Morgan fingerprint density at radius 2 is 2.27 bits per heavy atom. The highest BCUT2D eigenvalue weighted by Gasteiger charge is 2.24. The summed E-state index contributed by atoms with van der Waals surface area (Å²) in [5.74, 6) is 0.840. The molecular weight excluding hydrogens is 190 g/mol. The lowest BCUT2D eigenvalue weighted by Crippen LogP contribution is -2.27. The Kier molecular flexibility index (Phi) is 3.11. The maximum Gasteiger partial charge on any atom is 0.120 e. The third kappa shape index (κ3) is 2.42. The molecule has 0 heterocycles. The molecule has 1 aliphatic rings. The van der Waals surface area contributed by atoms with Crippen LogP contribution in [0.1, 0.15) is 19.3 Å². The second kappa shape index (κ2) is 4.53. The Morgan fingerprint density at radius 1 is 1.40 bits per heavy atom. The van der Waals surface area contributed by atoms with Gasteiger partial charge < -0.3 is 15.2 Å². The number of rotatable bonds is 3. The van der Waals surface area contributed by atoms with E-state index in [0.717, 1.165) is 30.7 Å². The molecule has 2 rings (SSSR count). The van der Waals surface area contributed by atoms with Gasteiger partial charge in [-0.05, 0) is 31.4 Å². The molecule has 1 saturated carbocycles. The zero-order chi connectivity index (χ0) is 10.7. The van der Waals surface area contributed by atoms with Gasteiger partial charge in [-0.15, -0.1) is 0 Å². The summed E-state index contributed by atoms with van der Waals surface area (Å²) in [6, 6.07) is 7.99. The number of hydrogen-bond donors (Lipinski definition) is 2. The van der Waals surface area contributed by atoms with Crippen molar-refractivity contribution < 1.29 is 9.84 Å². The van der Waals surface area contributed by atoms with E-state index < -0.39 is 0 Å². The van der Waals surface area contributed by atoms with Crippen molar-refractivity contribution in [2.45, 2.75) is 31.4 Å². The van der Waals surface area contributed by atoms with Gasteiger partial charge in [0.25, 0.3) is 0 Å². The van der Waals surface area contributed by atoms with E-state index in [1.165, 1.54) is 0 Å². The number of anilines is 1. The van der Waals surface area contributed by atoms with E-state index in [2.05, 4.69) is 5.32 Å². The van der Waals surface area contributed by atoms with E-state index >= 15 is 0 Å². The highest BCUT2D eigenvalue weighted by Crippen LogP contribution is 2.24. The molecule has 0 aliphatic heterocycles. The molecule has 0 amide bonds. The predicted octanol–water partition coefficient (Wildman–Crippen LogP) is 2.02. The standard InChI is InChI=1S/C12H17NO2/c1-15-10-5-2-4-9(8-10)13-11-6-3-7-12(11)14/h2,4-5,8,11-14H,3,6-7H2,1H3/t11-,12-/m1/s1. The number of nitrogens with one attached hydrogen (secondary N) is 1. The van der Waals surface area contributed by atoms with Crippen LogP contribution in [0.5, 0.6) is 5.75 Å². The van der Waals surface area contributed by atoms with Crippen LogP contribution in [0, 0.1) is 0 Å². The molecule has 1 aliphatic carbocycles. The first-order chi connectivity index (χ1) is 7.29. The van der Waals surface area contributed by atoms with Crippen molar-refractivity contribution in [3.05, 3.63) is 24.3 Å². The van der Waals surface area contributed by atoms with Gasteiger partial charge in [0.1, 0.15) is 5.75 Å². The molecule has 1 fully saturated rings. The second-order valence-electron chi connectivity index (χ2n) is 3.98. The van der Waals surface area contributed by atoms with Crippen LogP contribution in [-0.4, -0.2) is 24.4 Å². The first-order valence-corrected chi connectivity index (χ1v) is 5.38. The second-order valence-corrected chi connectivity index (χ2v) is 3.98. The fourth-order valence-corrected chi connectivity index (χ4v) is 2.04. The monoisotopic (exact) mass is 207 g/mol.